The smallest absolute Gasteiger partial charge is 0.196 e. The minimum atomic E-state index is -0.123. The van der Waals surface area contributed by atoms with E-state index in [4.69, 9.17) is 5.73 Å². The zero-order valence-corrected chi connectivity index (χ0v) is 13.0. The number of rotatable bonds is 5. The molecular formula is C18H19N3O2. The molecule has 2 aromatic carbocycles. The van der Waals surface area contributed by atoms with Gasteiger partial charge in [0.25, 0.3) is 0 Å². The number of nitrogens with two attached hydrogens (primary N) is 1. The number of benzene rings is 2. The van der Waals surface area contributed by atoms with E-state index < -0.39 is 0 Å². The Morgan fingerprint density at radius 2 is 1.48 bits per heavy atom. The molecule has 5 nitrogen and oxygen atoms in total. The van der Waals surface area contributed by atoms with Crippen LogP contribution in [0.5, 0.6) is 0 Å². The zero-order chi connectivity index (χ0) is 16.4. The molecule has 0 radical (unpaired) electrons. The number of ketones is 2. The summed E-state index contributed by atoms with van der Waals surface area (Å²) >= 11 is 0. The van der Waals surface area contributed by atoms with Crippen molar-refractivity contribution in [1.29, 1.82) is 0 Å². The normalized spacial score (nSPS) is 12.6. The highest BCUT2D eigenvalue weighted by molar-refractivity contribution is 6.31. The van der Waals surface area contributed by atoms with Crippen LogP contribution in [0.15, 0.2) is 36.4 Å². The van der Waals surface area contributed by atoms with Gasteiger partial charge in [0.05, 0.1) is 11.1 Å². The summed E-state index contributed by atoms with van der Waals surface area (Å²) < 4.78 is 0. The van der Waals surface area contributed by atoms with Gasteiger partial charge in [0.15, 0.2) is 11.6 Å². The second-order valence-electron chi connectivity index (χ2n) is 5.43. The first-order chi connectivity index (χ1) is 11.2. The first-order valence-corrected chi connectivity index (χ1v) is 7.66. The molecule has 0 heterocycles. The average molecular weight is 309 g/mol. The summed E-state index contributed by atoms with van der Waals surface area (Å²) in [5.41, 5.74) is 8.66. The van der Waals surface area contributed by atoms with Crippen LogP contribution in [0.2, 0.25) is 0 Å². The van der Waals surface area contributed by atoms with Crippen molar-refractivity contribution < 1.29 is 9.59 Å². The number of carbonyl (C=O) groups is 2. The number of fused-ring (bicyclic) bond motifs is 2. The highest BCUT2D eigenvalue weighted by atomic mass is 16.1. The molecule has 5 heteroatoms. The van der Waals surface area contributed by atoms with Gasteiger partial charge in [-0.05, 0) is 25.1 Å². The van der Waals surface area contributed by atoms with Gasteiger partial charge < -0.3 is 16.4 Å². The number of carbonyl (C=O) groups excluding carboxylic acids is 2. The predicted molar refractivity (Wildman–Crippen MR) is 91.5 cm³/mol. The average Bonchev–Trinajstić information content (AvgIpc) is 2.59. The SMILES string of the molecule is CNc1ccc(NCCCN)c2c1C(=O)c1ccccc1C2=O. The molecule has 1 aliphatic rings. The predicted octanol–water partition coefficient (Wildman–Crippen LogP) is 2.26. The highest BCUT2D eigenvalue weighted by Gasteiger charge is 2.33. The van der Waals surface area contributed by atoms with Crippen LogP contribution in [-0.4, -0.2) is 31.7 Å². The molecule has 0 aromatic heterocycles. The van der Waals surface area contributed by atoms with Crippen molar-refractivity contribution in [3.8, 4) is 0 Å². The molecule has 0 saturated carbocycles. The maximum atomic E-state index is 12.9. The molecule has 23 heavy (non-hydrogen) atoms. The fourth-order valence-electron chi connectivity index (χ4n) is 2.90. The fourth-order valence-corrected chi connectivity index (χ4v) is 2.90. The lowest BCUT2D eigenvalue weighted by Crippen LogP contribution is -2.24. The summed E-state index contributed by atoms with van der Waals surface area (Å²) in [6, 6.07) is 10.6. The third-order valence-electron chi connectivity index (χ3n) is 4.04. The minimum Gasteiger partial charge on any atom is -0.388 e. The maximum Gasteiger partial charge on any atom is 0.196 e. The van der Waals surface area contributed by atoms with Gasteiger partial charge in [-0.15, -0.1) is 0 Å². The summed E-state index contributed by atoms with van der Waals surface area (Å²) in [5.74, 6) is -0.246. The fraction of sp³-hybridized carbons (Fsp3) is 0.222. The van der Waals surface area contributed by atoms with E-state index in [1.54, 1.807) is 31.3 Å². The van der Waals surface area contributed by atoms with Crippen LogP contribution >= 0.6 is 0 Å². The molecule has 0 spiro atoms. The van der Waals surface area contributed by atoms with Gasteiger partial charge in [0.2, 0.25) is 0 Å². The molecule has 4 N–H and O–H groups in total. The summed E-state index contributed by atoms with van der Waals surface area (Å²) in [6.45, 7) is 1.23. The van der Waals surface area contributed by atoms with Gasteiger partial charge >= 0.3 is 0 Å². The number of hydrogen-bond donors (Lipinski definition) is 3. The first kappa shape index (κ1) is 15.2. The topological polar surface area (TPSA) is 84.2 Å². The van der Waals surface area contributed by atoms with E-state index in [-0.39, 0.29) is 11.6 Å². The van der Waals surface area contributed by atoms with Gasteiger partial charge in [-0.3, -0.25) is 9.59 Å². The molecule has 0 amide bonds. The van der Waals surface area contributed by atoms with E-state index in [0.717, 1.165) is 6.42 Å². The maximum absolute atomic E-state index is 12.9. The molecule has 1 aliphatic carbocycles. The zero-order valence-electron chi connectivity index (χ0n) is 13.0. The Morgan fingerprint density at radius 1 is 0.913 bits per heavy atom. The van der Waals surface area contributed by atoms with Gasteiger partial charge in [-0.2, -0.15) is 0 Å². The summed E-state index contributed by atoms with van der Waals surface area (Å²) in [5, 5.41) is 6.24. The molecule has 118 valence electrons. The van der Waals surface area contributed by atoms with Crippen LogP contribution in [0.3, 0.4) is 0 Å². The molecule has 2 aromatic rings. The molecule has 0 fully saturated rings. The van der Waals surface area contributed by atoms with Crippen LogP contribution in [0.25, 0.3) is 0 Å². The van der Waals surface area contributed by atoms with Gasteiger partial charge in [-0.25, -0.2) is 0 Å². The van der Waals surface area contributed by atoms with E-state index in [1.165, 1.54) is 0 Å². The van der Waals surface area contributed by atoms with E-state index in [2.05, 4.69) is 10.6 Å². The van der Waals surface area contributed by atoms with Crippen molar-refractivity contribution >= 4 is 22.9 Å². The Hall–Kier alpha value is -2.66. The van der Waals surface area contributed by atoms with Crippen molar-refractivity contribution in [3.63, 3.8) is 0 Å². The number of hydrogen-bond acceptors (Lipinski definition) is 5. The van der Waals surface area contributed by atoms with E-state index in [0.29, 0.717) is 46.7 Å². The van der Waals surface area contributed by atoms with E-state index in [9.17, 15) is 9.59 Å². The van der Waals surface area contributed by atoms with Crippen molar-refractivity contribution in [1.82, 2.24) is 0 Å². The van der Waals surface area contributed by atoms with Crippen molar-refractivity contribution in [3.05, 3.63) is 58.7 Å². The van der Waals surface area contributed by atoms with Crippen molar-refractivity contribution in [2.24, 2.45) is 5.73 Å². The Balaban J connectivity index is 2.16. The number of nitrogens with one attached hydrogen (secondary N) is 2. The van der Waals surface area contributed by atoms with Crippen LogP contribution in [0, 0.1) is 0 Å². The summed E-state index contributed by atoms with van der Waals surface area (Å²) in [6.07, 6.45) is 0.793. The molecule has 3 rings (SSSR count). The minimum absolute atomic E-state index is 0.123. The lowest BCUT2D eigenvalue weighted by molar-refractivity contribution is 0.0980. The third-order valence-corrected chi connectivity index (χ3v) is 4.04. The second kappa shape index (κ2) is 6.22. The standard InChI is InChI=1S/C18H19N3O2/c1-20-13-7-8-14(21-10-4-9-19)16-15(13)17(22)11-5-2-3-6-12(11)18(16)23/h2-3,5-8,20-21H,4,9-10,19H2,1H3. The Labute approximate surface area is 134 Å². The third kappa shape index (κ3) is 2.49. The molecule has 0 bridgehead atoms. The van der Waals surface area contributed by atoms with E-state index >= 15 is 0 Å². The number of anilines is 2. The van der Waals surface area contributed by atoms with Crippen molar-refractivity contribution in [2.75, 3.05) is 30.8 Å². The highest BCUT2D eigenvalue weighted by Crippen LogP contribution is 2.36. The lowest BCUT2D eigenvalue weighted by Gasteiger charge is -2.23. The van der Waals surface area contributed by atoms with Crippen LogP contribution < -0.4 is 16.4 Å². The largest absolute Gasteiger partial charge is 0.388 e. The second-order valence-corrected chi connectivity index (χ2v) is 5.43. The molecule has 0 aliphatic heterocycles. The quantitative estimate of drug-likeness (QED) is 0.630. The van der Waals surface area contributed by atoms with Gasteiger partial charge in [0.1, 0.15) is 0 Å². The summed E-state index contributed by atoms with van der Waals surface area (Å²) in [7, 11) is 1.75. The Bertz CT molecular complexity index is 784. The molecule has 0 saturated heterocycles. The summed E-state index contributed by atoms with van der Waals surface area (Å²) in [4.78, 5) is 25.8. The van der Waals surface area contributed by atoms with Crippen LogP contribution in [0.1, 0.15) is 38.3 Å². The van der Waals surface area contributed by atoms with Gasteiger partial charge in [-0.1, -0.05) is 24.3 Å². The van der Waals surface area contributed by atoms with Crippen LogP contribution in [0.4, 0.5) is 11.4 Å². The van der Waals surface area contributed by atoms with Gasteiger partial charge in [0, 0.05) is 36.1 Å². The lowest BCUT2D eigenvalue weighted by atomic mass is 9.82. The molecule has 0 unspecified atom stereocenters. The van der Waals surface area contributed by atoms with Crippen LogP contribution in [-0.2, 0) is 0 Å². The Morgan fingerprint density at radius 3 is 2.04 bits per heavy atom. The van der Waals surface area contributed by atoms with Crippen molar-refractivity contribution in [2.45, 2.75) is 6.42 Å². The molecule has 0 atom stereocenters. The monoisotopic (exact) mass is 309 g/mol. The molecular weight excluding hydrogens is 290 g/mol. The Kier molecular flexibility index (Phi) is 4.12. The first-order valence-electron chi connectivity index (χ1n) is 7.66. The van der Waals surface area contributed by atoms with E-state index in [1.807, 2.05) is 12.1 Å².